The number of benzene rings is 4. The number of fused-ring (bicyclic) bond motifs is 1. The van der Waals surface area contributed by atoms with Crippen LogP contribution < -0.4 is 37.6 Å². The zero-order valence-electron chi connectivity index (χ0n) is 17.8. The highest BCUT2D eigenvalue weighted by molar-refractivity contribution is 7.95. The summed E-state index contributed by atoms with van der Waals surface area (Å²) in [5.74, 6) is 0.855. The van der Waals surface area contributed by atoms with Gasteiger partial charge in [0.2, 0.25) is 0 Å². The third-order valence-corrected chi connectivity index (χ3v) is 10.2. The molecule has 5 aromatic rings. The van der Waals surface area contributed by atoms with Gasteiger partial charge in [-0.1, -0.05) is 54.6 Å². The molecule has 0 saturated carbocycles. The molecule has 0 saturated heterocycles. The summed E-state index contributed by atoms with van der Waals surface area (Å²) < 4.78 is 11.5. The Morgan fingerprint density at radius 3 is 1.66 bits per heavy atom. The van der Waals surface area contributed by atoms with Crippen molar-refractivity contribution in [1.29, 1.82) is 0 Å². The van der Waals surface area contributed by atoms with Crippen molar-refractivity contribution in [3.05, 3.63) is 121 Å². The zero-order chi connectivity index (χ0) is 21.1. The second-order valence-electron chi connectivity index (χ2n) is 7.61. The van der Waals surface area contributed by atoms with Crippen LogP contribution in [0.4, 0.5) is 0 Å². The van der Waals surface area contributed by atoms with Crippen LogP contribution in [0.3, 0.4) is 0 Å². The molecule has 1 aromatic heterocycles. The normalized spacial score (nSPS) is 11.2. The summed E-state index contributed by atoms with van der Waals surface area (Å²) in [5.41, 5.74) is 2.07. The lowest BCUT2D eigenvalue weighted by Gasteiger charge is -2.28. The van der Waals surface area contributed by atoms with Crippen LogP contribution >= 0.6 is 7.26 Å². The molecule has 1 heterocycles. The van der Waals surface area contributed by atoms with Crippen molar-refractivity contribution < 1.29 is 26.1 Å². The van der Waals surface area contributed by atoms with Gasteiger partial charge in [-0.25, -0.2) is 0 Å². The van der Waals surface area contributed by atoms with Crippen molar-refractivity contribution in [2.24, 2.45) is 0 Å². The van der Waals surface area contributed by atoms with Gasteiger partial charge in [0.05, 0.1) is 24.9 Å². The lowest BCUT2D eigenvalue weighted by atomic mass is 10.2. The molecule has 0 aliphatic heterocycles. The summed E-state index contributed by atoms with van der Waals surface area (Å²) in [6.45, 7) is 0. The fourth-order valence-electron chi connectivity index (χ4n) is 4.40. The predicted octanol–water partition coefficient (Wildman–Crippen LogP) is 2.94. The van der Waals surface area contributed by atoms with Crippen LogP contribution in [0, 0.1) is 0 Å². The highest BCUT2D eigenvalue weighted by atomic mass is 79.9. The van der Waals surface area contributed by atoms with Crippen LogP contribution in [-0.4, -0.2) is 7.11 Å². The Balaban J connectivity index is 0.00000245. The molecule has 160 valence electrons. The average Bonchev–Trinajstić information content (AvgIpc) is 3.32. The van der Waals surface area contributed by atoms with E-state index >= 15 is 0 Å². The van der Waals surface area contributed by atoms with E-state index in [4.69, 9.17) is 9.15 Å². The van der Waals surface area contributed by atoms with E-state index in [0.717, 1.165) is 22.9 Å². The summed E-state index contributed by atoms with van der Waals surface area (Å²) >= 11 is 0. The van der Waals surface area contributed by atoms with E-state index in [9.17, 15) is 0 Å². The van der Waals surface area contributed by atoms with Gasteiger partial charge < -0.3 is 26.1 Å². The Kier molecular flexibility index (Phi) is 6.79. The topological polar surface area (TPSA) is 22.4 Å². The average molecular weight is 503 g/mol. The first-order valence-corrected chi connectivity index (χ1v) is 12.4. The molecule has 0 unspecified atom stereocenters. The summed E-state index contributed by atoms with van der Waals surface area (Å²) in [6, 6.07) is 39.1. The number of hydrogen-bond acceptors (Lipinski definition) is 2. The monoisotopic (exact) mass is 502 g/mol. The Hall–Kier alpha value is -2.87. The summed E-state index contributed by atoms with van der Waals surface area (Å²) in [7, 11) is -0.240. The van der Waals surface area contributed by atoms with Crippen LogP contribution in [0.15, 0.2) is 120 Å². The maximum atomic E-state index is 5.77. The number of hydrogen-bond donors (Lipinski definition) is 0. The smallest absolute Gasteiger partial charge is 0.137 e. The highest BCUT2D eigenvalue weighted by Crippen LogP contribution is 2.58. The second kappa shape index (κ2) is 9.73. The molecule has 0 bridgehead atoms. The van der Waals surface area contributed by atoms with Crippen molar-refractivity contribution in [3.8, 4) is 5.75 Å². The van der Waals surface area contributed by atoms with Crippen LogP contribution in [0.5, 0.6) is 5.75 Å². The van der Waals surface area contributed by atoms with Crippen molar-refractivity contribution in [2.75, 3.05) is 7.11 Å². The minimum Gasteiger partial charge on any atom is -1.00 e. The molecule has 0 spiro atoms. The van der Waals surface area contributed by atoms with Gasteiger partial charge in [0.1, 0.15) is 34.5 Å². The van der Waals surface area contributed by atoms with Gasteiger partial charge in [0.15, 0.2) is 0 Å². The number of furan rings is 1. The third-order valence-electron chi connectivity index (χ3n) is 5.82. The second-order valence-corrected chi connectivity index (χ2v) is 11.1. The van der Waals surface area contributed by atoms with Gasteiger partial charge in [-0.05, 0) is 60.2 Å². The molecule has 32 heavy (non-hydrogen) atoms. The standard InChI is InChI=1S/C28H24O2P.BrH/c1-29-27-19-22(20-28-26(27)17-18-30-28)21-31(23-11-5-2-6-12-23,24-13-7-3-8-14-24)25-15-9-4-10-16-25;/h2-20H,21H2,1H3;1H/q+1;/p-1. The molecule has 0 aliphatic carbocycles. The molecule has 0 aliphatic rings. The van der Waals surface area contributed by atoms with Gasteiger partial charge in [-0.2, -0.15) is 0 Å². The van der Waals surface area contributed by atoms with E-state index in [1.54, 1.807) is 13.4 Å². The molecule has 5 rings (SSSR count). The van der Waals surface area contributed by atoms with Crippen LogP contribution in [0.1, 0.15) is 5.56 Å². The van der Waals surface area contributed by atoms with Gasteiger partial charge in [0, 0.05) is 0 Å². The quantitative estimate of drug-likeness (QED) is 0.333. The SMILES string of the molecule is COc1cc(C[P+](c2ccccc2)(c2ccccc2)c2ccccc2)cc2occc12.[Br-]. The molecular weight excluding hydrogens is 479 g/mol. The van der Waals surface area contributed by atoms with Crippen molar-refractivity contribution in [3.63, 3.8) is 0 Å². The molecule has 0 N–H and O–H groups in total. The van der Waals surface area contributed by atoms with Crippen LogP contribution in [0.25, 0.3) is 11.0 Å². The van der Waals surface area contributed by atoms with E-state index in [-0.39, 0.29) is 17.0 Å². The van der Waals surface area contributed by atoms with E-state index in [1.165, 1.54) is 21.5 Å². The fraction of sp³-hybridized carbons (Fsp3) is 0.0714. The van der Waals surface area contributed by atoms with Crippen molar-refractivity contribution in [2.45, 2.75) is 6.16 Å². The summed E-state index contributed by atoms with van der Waals surface area (Å²) in [4.78, 5) is 0. The molecule has 0 amide bonds. The number of ether oxygens (including phenoxy) is 1. The summed E-state index contributed by atoms with van der Waals surface area (Å²) in [5, 5.41) is 5.11. The maximum absolute atomic E-state index is 5.77. The molecule has 0 radical (unpaired) electrons. The molecule has 0 fully saturated rings. The molecule has 4 heteroatoms. The first kappa shape index (κ1) is 22.3. The number of rotatable bonds is 6. The Morgan fingerprint density at radius 1 is 0.688 bits per heavy atom. The number of methoxy groups -OCH3 is 1. The minimum atomic E-state index is -1.96. The van der Waals surface area contributed by atoms with Gasteiger partial charge in [-0.3, -0.25) is 0 Å². The molecule has 4 aromatic carbocycles. The van der Waals surface area contributed by atoms with Gasteiger partial charge in [-0.15, -0.1) is 0 Å². The fourth-order valence-corrected chi connectivity index (χ4v) is 8.61. The Bertz CT molecular complexity index is 1190. The lowest BCUT2D eigenvalue weighted by Crippen LogP contribution is -3.00. The van der Waals surface area contributed by atoms with E-state index < -0.39 is 7.26 Å². The zero-order valence-corrected chi connectivity index (χ0v) is 20.3. The van der Waals surface area contributed by atoms with Gasteiger partial charge >= 0.3 is 0 Å². The molecular formula is C28H24BrO2P. The van der Waals surface area contributed by atoms with Crippen molar-refractivity contribution in [1.82, 2.24) is 0 Å². The predicted molar refractivity (Wildman–Crippen MR) is 132 cm³/mol. The van der Waals surface area contributed by atoms with Crippen LogP contribution in [-0.2, 0) is 6.16 Å². The van der Waals surface area contributed by atoms with Crippen LogP contribution in [0.2, 0.25) is 0 Å². The minimum absolute atomic E-state index is 0. The highest BCUT2D eigenvalue weighted by Gasteiger charge is 2.45. The summed E-state index contributed by atoms with van der Waals surface area (Å²) in [6.07, 6.45) is 2.61. The van der Waals surface area contributed by atoms with Crippen molar-refractivity contribution >= 4 is 34.1 Å². The molecule has 0 atom stereocenters. The van der Waals surface area contributed by atoms with Gasteiger partial charge in [0.25, 0.3) is 0 Å². The van der Waals surface area contributed by atoms with E-state index in [2.05, 4.69) is 103 Å². The first-order valence-electron chi connectivity index (χ1n) is 10.4. The molecule has 2 nitrogen and oxygen atoms in total. The third kappa shape index (κ3) is 3.99. The number of halogens is 1. The maximum Gasteiger partial charge on any atom is 0.137 e. The Labute approximate surface area is 200 Å². The lowest BCUT2D eigenvalue weighted by molar-refractivity contribution is -0.00000675. The van der Waals surface area contributed by atoms with E-state index in [1.807, 2.05) is 6.07 Å². The first-order chi connectivity index (χ1) is 15.3. The van der Waals surface area contributed by atoms with E-state index in [0.29, 0.717) is 0 Å². The Morgan fingerprint density at radius 2 is 1.19 bits per heavy atom. The largest absolute Gasteiger partial charge is 1.00 e.